The monoisotopic (exact) mass is 216 g/mol. The molecule has 0 saturated heterocycles. The molecule has 0 saturated carbocycles. The number of carboxylic acids is 1. The van der Waals surface area contributed by atoms with Gasteiger partial charge in [0.1, 0.15) is 0 Å². The van der Waals surface area contributed by atoms with Crippen LogP contribution in [0.2, 0.25) is 0 Å². The standard InChI is InChI=1S/C10H20N2O3/c1-3-4-6-11-9(13)8-12(2)7-5-10(14)15/h3-8H2,1-2H3,(H,11,13)(H,14,15). The SMILES string of the molecule is CCCCNC(=O)CN(C)CCC(=O)O. The summed E-state index contributed by atoms with van der Waals surface area (Å²) in [5.74, 6) is -0.885. The third-order valence-electron chi connectivity index (χ3n) is 1.97. The van der Waals surface area contributed by atoms with E-state index in [0.717, 1.165) is 12.8 Å². The Labute approximate surface area is 90.5 Å². The van der Waals surface area contributed by atoms with Crippen LogP contribution in [0.4, 0.5) is 0 Å². The zero-order chi connectivity index (χ0) is 11.7. The van der Waals surface area contributed by atoms with E-state index in [-0.39, 0.29) is 18.9 Å². The average molecular weight is 216 g/mol. The van der Waals surface area contributed by atoms with Gasteiger partial charge in [-0.15, -0.1) is 0 Å². The van der Waals surface area contributed by atoms with Crippen molar-refractivity contribution in [1.82, 2.24) is 10.2 Å². The average Bonchev–Trinajstić information content (AvgIpc) is 2.15. The Hall–Kier alpha value is -1.10. The summed E-state index contributed by atoms with van der Waals surface area (Å²) in [5, 5.41) is 11.2. The minimum atomic E-state index is -0.840. The third kappa shape index (κ3) is 9.21. The lowest BCUT2D eigenvalue weighted by Crippen LogP contribution is -2.36. The van der Waals surface area contributed by atoms with Crippen LogP contribution in [0.25, 0.3) is 0 Å². The van der Waals surface area contributed by atoms with E-state index in [9.17, 15) is 9.59 Å². The van der Waals surface area contributed by atoms with Crippen molar-refractivity contribution >= 4 is 11.9 Å². The molecular weight excluding hydrogens is 196 g/mol. The number of unbranched alkanes of at least 4 members (excludes halogenated alkanes) is 1. The number of carbonyl (C=O) groups is 2. The second-order valence-electron chi connectivity index (χ2n) is 3.59. The number of nitrogens with one attached hydrogen (secondary N) is 1. The fourth-order valence-corrected chi connectivity index (χ4v) is 1.07. The summed E-state index contributed by atoms with van der Waals surface area (Å²) in [6.45, 7) is 3.42. The number of carbonyl (C=O) groups excluding carboxylic acids is 1. The lowest BCUT2D eigenvalue weighted by atomic mass is 10.3. The summed E-state index contributed by atoms with van der Waals surface area (Å²) < 4.78 is 0. The van der Waals surface area contributed by atoms with Gasteiger partial charge in [0.05, 0.1) is 13.0 Å². The van der Waals surface area contributed by atoms with Crippen LogP contribution in [-0.2, 0) is 9.59 Å². The Balaban J connectivity index is 3.53. The molecule has 0 aromatic carbocycles. The molecule has 0 bridgehead atoms. The highest BCUT2D eigenvalue weighted by Crippen LogP contribution is 1.88. The van der Waals surface area contributed by atoms with Crippen molar-refractivity contribution in [3.05, 3.63) is 0 Å². The van der Waals surface area contributed by atoms with Crippen LogP contribution in [0.5, 0.6) is 0 Å². The number of rotatable bonds is 8. The summed E-state index contributed by atoms with van der Waals surface area (Å²) >= 11 is 0. The molecule has 0 radical (unpaired) electrons. The van der Waals surface area contributed by atoms with E-state index in [2.05, 4.69) is 12.2 Å². The van der Waals surface area contributed by atoms with Gasteiger partial charge in [0.15, 0.2) is 0 Å². The van der Waals surface area contributed by atoms with E-state index < -0.39 is 5.97 Å². The Kier molecular flexibility index (Phi) is 7.62. The number of nitrogens with zero attached hydrogens (tertiary/aromatic N) is 1. The first kappa shape index (κ1) is 13.9. The van der Waals surface area contributed by atoms with Crippen molar-refractivity contribution in [1.29, 1.82) is 0 Å². The quantitative estimate of drug-likeness (QED) is 0.573. The summed E-state index contributed by atoms with van der Waals surface area (Å²) in [4.78, 5) is 23.2. The van der Waals surface area contributed by atoms with Crippen LogP contribution in [-0.4, -0.2) is 48.6 Å². The normalized spacial score (nSPS) is 10.3. The van der Waals surface area contributed by atoms with Gasteiger partial charge >= 0.3 is 5.97 Å². The Morgan fingerprint density at radius 3 is 2.60 bits per heavy atom. The third-order valence-corrected chi connectivity index (χ3v) is 1.97. The minimum absolute atomic E-state index is 0.0451. The summed E-state index contributed by atoms with van der Waals surface area (Å²) in [7, 11) is 1.74. The minimum Gasteiger partial charge on any atom is -0.481 e. The van der Waals surface area contributed by atoms with Gasteiger partial charge < -0.3 is 10.4 Å². The fourth-order valence-electron chi connectivity index (χ4n) is 1.07. The van der Waals surface area contributed by atoms with Crippen LogP contribution in [0.3, 0.4) is 0 Å². The number of likely N-dealkylation sites (N-methyl/N-ethyl adjacent to an activating group) is 1. The molecule has 5 nitrogen and oxygen atoms in total. The number of hydrogen-bond acceptors (Lipinski definition) is 3. The second-order valence-corrected chi connectivity index (χ2v) is 3.59. The molecule has 0 spiro atoms. The molecule has 1 amide bonds. The second kappa shape index (κ2) is 8.23. The molecule has 0 aromatic heterocycles. The molecule has 2 N–H and O–H groups in total. The predicted octanol–water partition coefficient (Wildman–Crippen LogP) is 0.309. The summed E-state index contributed by atoms with van der Waals surface area (Å²) in [5.41, 5.74) is 0. The molecule has 0 aromatic rings. The van der Waals surface area contributed by atoms with E-state index in [4.69, 9.17) is 5.11 Å². The van der Waals surface area contributed by atoms with Gasteiger partial charge in [0.2, 0.25) is 5.91 Å². The lowest BCUT2D eigenvalue weighted by Gasteiger charge is -2.14. The van der Waals surface area contributed by atoms with Crippen molar-refractivity contribution in [2.75, 3.05) is 26.7 Å². The van der Waals surface area contributed by atoms with Gasteiger partial charge in [-0.05, 0) is 13.5 Å². The number of aliphatic carboxylic acids is 1. The summed E-state index contributed by atoms with van der Waals surface area (Å²) in [6, 6.07) is 0. The molecule has 0 fully saturated rings. The van der Waals surface area contributed by atoms with Gasteiger partial charge in [0, 0.05) is 13.1 Å². The lowest BCUT2D eigenvalue weighted by molar-refractivity contribution is -0.137. The predicted molar refractivity (Wildman–Crippen MR) is 57.7 cm³/mol. The molecule has 0 unspecified atom stereocenters. The van der Waals surface area contributed by atoms with E-state index in [1.165, 1.54) is 0 Å². The van der Waals surface area contributed by atoms with Crippen LogP contribution < -0.4 is 5.32 Å². The van der Waals surface area contributed by atoms with Gasteiger partial charge in [-0.3, -0.25) is 14.5 Å². The number of carboxylic acid groups (broad SMARTS) is 1. The largest absolute Gasteiger partial charge is 0.481 e. The molecule has 88 valence electrons. The van der Waals surface area contributed by atoms with Crippen LogP contribution in [0.15, 0.2) is 0 Å². The van der Waals surface area contributed by atoms with E-state index in [1.54, 1.807) is 11.9 Å². The van der Waals surface area contributed by atoms with E-state index in [0.29, 0.717) is 13.1 Å². The van der Waals surface area contributed by atoms with Crippen molar-refractivity contribution in [3.63, 3.8) is 0 Å². The Morgan fingerprint density at radius 2 is 2.07 bits per heavy atom. The van der Waals surface area contributed by atoms with Crippen LogP contribution in [0.1, 0.15) is 26.2 Å². The highest BCUT2D eigenvalue weighted by atomic mass is 16.4. The van der Waals surface area contributed by atoms with Gasteiger partial charge in [-0.1, -0.05) is 13.3 Å². The smallest absolute Gasteiger partial charge is 0.304 e. The first-order valence-corrected chi connectivity index (χ1v) is 5.23. The molecule has 15 heavy (non-hydrogen) atoms. The maximum absolute atomic E-state index is 11.3. The highest BCUT2D eigenvalue weighted by Gasteiger charge is 2.07. The molecule has 0 aliphatic rings. The van der Waals surface area contributed by atoms with Crippen molar-refractivity contribution in [2.45, 2.75) is 26.2 Å². The van der Waals surface area contributed by atoms with Crippen molar-refractivity contribution in [2.24, 2.45) is 0 Å². The van der Waals surface area contributed by atoms with Crippen LogP contribution in [0, 0.1) is 0 Å². The molecule has 0 atom stereocenters. The van der Waals surface area contributed by atoms with Crippen LogP contribution >= 0.6 is 0 Å². The van der Waals surface area contributed by atoms with Gasteiger partial charge in [-0.25, -0.2) is 0 Å². The first-order chi connectivity index (χ1) is 7.06. The number of hydrogen-bond donors (Lipinski definition) is 2. The molecule has 0 aliphatic carbocycles. The fraction of sp³-hybridized carbons (Fsp3) is 0.800. The number of amides is 1. The molecular formula is C10H20N2O3. The zero-order valence-corrected chi connectivity index (χ0v) is 9.45. The van der Waals surface area contributed by atoms with Gasteiger partial charge in [0.25, 0.3) is 0 Å². The molecule has 0 rings (SSSR count). The van der Waals surface area contributed by atoms with E-state index in [1.807, 2.05) is 0 Å². The maximum atomic E-state index is 11.3. The zero-order valence-electron chi connectivity index (χ0n) is 9.45. The Morgan fingerprint density at radius 1 is 1.40 bits per heavy atom. The van der Waals surface area contributed by atoms with E-state index >= 15 is 0 Å². The first-order valence-electron chi connectivity index (χ1n) is 5.23. The maximum Gasteiger partial charge on any atom is 0.304 e. The topological polar surface area (TPSA) is 69.6 Å². The highest BCUT2D eigenvalue weighted by molar-refractivity contribution is 5.78. The van der Waals surface area contributed by atoms with Crippen molar-refractivity contribution < 1.29 is 14.7 Å². The molecule has 5 heteroatoms. The van der Waals surface area contributed by atoms with Gasteiger partial charge in [-0.2, -0.15) is 0 Å². The molecule has 0 aliphatic heterocycles. The Bertz CT molecular complexity index is 207. The van der Waals surface area contributed by atoms with Crippen molar-refractivity contribution in [3.8, 4) is 0 Å². The summed E-state index contributed by atoms with van der Waals surface area (Å²) in [6.07, 6.45) is 2.10. The molecule has 0 heterocycles.